The van der Waals surface area contributed by atoms with E-state index in [1.165, 1.54) is 0 Å². The summed E-state index contributed by atoms with van der Waals surface area (Å²) in [4.78, 5) is 14.4. The molecule has 1 saturated heterocycles. The molecule has 0 unspecified atom stereocenters. The summed E-state index contributed by atoms with van der Waals surface area (Å²) >= 11 is 1.94. The Kier molecular flexibility index (Phi) is 4.92. The molecule has 1 amide bonds. The zero-order chi connectivity index (χ0) is 17.1. The molecule has 1 aliphatic carbocycles. The minimum absolute atomic E-state index is 0.0926. The number of rotatable bonds is 6. The van der Waals surface area contributed by atoms with Crippen molar-refractivity contribution in [3.05, 3.63) is 41.8 Å². The second-order valence-corrected chi connectivity index (χ2v) is 7.77. The van der Waals surface area contributed by atoms with Crippen molar-refractivity contribution >= 4 is 23.7 Å². The molecule has 0 bridgehead atoms. The summed E-state index contributed by atoms with van der Waals surface area (Å²) in [7, 11) is 0. The highest BCUT2D eigenvalue weighted by Gasteiger charge is 2.33. The largest absolute Gasteiger partial charge is 0.406 e. The second kappa shape index (κ2) is 7.47. The molecule has 2 aliphatic rings. The Morgan fingerprint density at radius 1 is 1.24 bits per heavy atom. The summed E-state index contributed by atoms with van der Waals surface area (Å²) in [5, 5.41) is 11.6. The highest BCUT2D eigenvalue weighted by molar-refractivity contribution is 7.99. The van der Waals surface area contributed by atoms with Gasteiger partial charge in [-0.25, -0.2) is 0 Å². The van der Waals surface area contributed by atoms with Crippen molar-refractivity contribution in [3.8, 4) is 0 Å². The predicted molar refractivity (Wildman–Crippen MR) is 97.6 cm³/mol. The monoisotopic (exact) mass is 358 g/mol. The van der Waals surface area contributed by atoms with E-state index >= 15 is 0 Å². The first-order valence-electron chi connectivity index (χ1n) is 8.80. The molecule has 1 atom stereocenters. The zero-order valence-corrected chi connectivity index (χ0v) is 14.9. The van der Waals surface area contributed by atoms with E-state index in [0.717, 1.165) is 43.0 Å². The fourth-order valence-corrected chi connectivity index (χ4v) is 3.84. The third kappa shape index (κ3) is 4.15. The van der Waals surface area contributed by atoms with Gasteiger partial charge >= 0.3 is 6.01 Å². The van der Waals surface area contributed by atoms with Crippen LogP contribution in [0.2, 0.25) is 0 Å². The van der Waals surface area contributed by atoms with Gasteiger partial charge in [0.25, 0.3) is 0 Å². The number of anilines is 1. The minimum Gasteiger partial charge on any atom is -0.406 e. The van der Waals surface area contributed by atoms with Crippen LogP contribution in [0.3, 0.4) is 0 Å². The number of benzene rings is 1. The molecule has 1 aromatic carbocycles. The van der Waals surface area contributed by atoms with E-state index in [1.54, 1.807) is 0 Å². The summed E-state index contributed by atoms with van der Waals surface area (Å²) in [6, 6.07) is 10.4. The Labute approximate surface area is 151 Å². The van der Waals surface area contributed by atoms with Crippen LogP contribution in [0.1, 0.15) is 30.3 Å². The van der Waals surface area contributed by atoms with E-state index in [1.807, 2.05) is 30.0 Å². The number of amides is 1. The smallest absolute Gasteiger partial charge is 0.318 e. The van der Waals surface area contributed by atoms with Crippen LogP contribution in [-0.4, -0.2) is 40.7 Å². The van der Waals surface area contributed by atoms with Gasteiger partial charge < -0.3 is 14.6 Å². The average Bonchev–Trinajstić information content (AvgIpc) is 3.40. The Morgan fingerprint density at radius 3 is 2.72 bits per heavy atom. The Morgan fingerprint density at radius 2 is 2.00 bits per heavy atom. The van der Waals surface area contributed by atoms with Crippen LogP contribution in [0.15, 0.2) is 34.7 Å². The molecule has 0 spiro atoms. The predicted octanol–water partition coefficient (Wildman–Crippen LogP) is 2.43. The lowest BCUT2D eigenvalue weighted by atomic mass is 10.1. The molecule has 6 nitrogen and oxygen atoms in total. The van der Waals surface area contributed by atoms with Gasteiger partial charge in [-0.05, 0) is 18.4 Å². The lowest BCUT2D eigenvalue weighted by molar-refractivity contribution is -0.123. The standard InChI is InChI=1S/C18H22N4O2S/c23-16(14-6-7-14)19-15(12-13-4-2-1-3-5-13)17-20-21-18(24-17)22-8-10-25-11-9-22/h1-5,14-15H,6-12H2,(H,19,23)/t15-/m1/s1. The van der Waals surface area contributed by atoms with Crippen LogP contribution in [-0.2, 0) is 11.2 Å². The number of nitrogens with zero attached hydrogens (tertiary/aromatic N) is 3. The summed E-state index contributed by atoms with van der Waals surface area (Å²) in [6.07, 6.45) is 2.60. The maximum Gasteiger partial charge on any atom is 0.318 e. The van der Waals surface area contributed by atoms with Gasteiger partial charge in [-0.1, -0.05) is 35.4 Å². The topological polar surface area (TPSA) is 71.3 Å². The van der Waals surface area contributed by atoms with Crippen molar-refractivity contribution in [2.75, 3.05) is 29.5 Å². The molecule has 2 heterocycles. The molecule has 1 aliphatic heterocycles. The number of carbonyl (C=O) groups excluding carboxylic acids is 1. The fraction of sp³-hybridized carbons (Fsp3) is 0.500. The highest BCUT2D eigenvalue weighted by atomic mass is 32.2. The third-order valence-corrected chi connectivity index (χ3v) is 5.50. The minimum atomic E-state index is -0.282. The molecule has 0 radical (unpaired) electrons. The summed E-state index contributed by atoms with van der Waals surface area (Å²) < 4.78 is 5.94. The zero-order valence-electron chi connectivity index (χ0n) is 14.1. The van der Waals surface area contributed by atoms with Gasteiger partial charge in [-0.3, -0.25) is 4.79 Å². The van der Waals surface area contributed by atoms with E-state index in [4.69, 9.17) is 4.42 Å². The van der Waals surface area contributed by atoms with Crippen molar-refractivity contribution in [1.29, 1.82) is 0 Å². The Bertz CT molecular complexity index is 711. The summed E-state index contributed by atoms with van der Waals surface area (Å²) in [5.74, 6) is 2.88. The van der Waals surface area contributed by atoms with Crippen LogP contribution in [0.4, 0.5) is 6.01 Å². The molecule has 2 aromatic rings. The number of carbonyl (C=O) groups is 1. The van der Waals surface area contributed by atoms with Crippen molar-refractivity contribution in [3.63, 3.8) is 0 Å². The molecule has 1 N–H and O–H groups in total. The fourth-order valence-electron chi connectivity index (χ4n) is 2.93. The maximum atomic E-state index is 12.3. The van der Waals surface area contributed by atoms with Gasteiger partial charge in [0.15, 0.2) is 0 Å². The molecule has 1 saturated carbocycles. The molecule has 4 rings (SSSR count). The molecular formula is C18H22N4O2S. The molecule has 25 heavy (non-hydrogen) atoms. The van der Waals surface area contributed by atoms with E-state index < -0.39 is 0 Å². The van der Waals surface area contributed by atoms with Gasteiger partial charge in [-0.2, -0.15) is 11.8 Å². The Balaban J connectivity index is 1.51. The quantitative estimate of drug-likeness (QED) is 0.855. The first kappa shape index (κ1) is 16.4. The summed E-state index contributed by atoms with van der Waals surface area (Å²) in [6.45, 7) is 1.84. The van der Waals surface area contributed by atoms with Crippen LogP contribution >= 0.6 is 11.8 Å². The van der Waals surface area contributed by atoms with Gasteiger partial charge in [0.1, 0.15) is 6.04 Å². The molecular weight excluding hydrogens is 336 g/mol. The van der Waals surface area contributed by atoms with Crippen molar-refractivity contribution in [2.24, 2.45) is 5.92 Å². The van der Waals surface area contributed by atoms with Crippen LogP contribution in [0.5, 0.6) is 0 Å². The average molecular weight is 358 g/mol. The number of thioether (sulfide) groups is 1. The maximum absolute atomic E-state index is 12.3. The highest BCUT2D eigenvalue weighted by Crippen LogP contribution is 2.30. The van der Waals surface area contributed by atoms with Crippen molar-refractivity contribution in [2.45, 2.75) is 25.3 Å². The molecule has 2 fully saturated rings. The Hall–Kier alpha value is -2.02. The van der Waals surface area contributed by atoms with Crippen LogP contribution < -0.4 is 10.2 Å². The number of hydrogen-bond donors (Lipinski definition) is 1. The van der Waals surface area contributed by atoms with Gasteiger partial charge in [0, 0.05) is 36.9 Å². The normalized spacial score (nSPS) is 18.8. The second-order valence-electron chi connectivity index (χ2n) is 6.55. The molecule has 1 aromatic heterocycles. The number of aromatic nitrogens is 2. The third-order valence-electron chi connectivity index (χ3n) is 4.56. The van der Waals surface area contributed by atoms with E-state index in [0.29, 0.717) is 18.3 Å². The van der Waals surface area contributed by atoms with E-state index in [9.17, 15) is 4.79 Å². The van der Waals surface area contributed by atoms with Crippen LogP contribution in [0.25, 0.3) is 0 Å². The van der Waals surface area contributed by atoms with Crippen LogP contribution in [0, 0.1) is 5.92 Å². The lowest BCUT2D eigenvalue weighted by Crippen LogP contribution is -2.32. The SMILES string of the molecule is O=C(N[C@H](Cc1ccccc1)c1nnc(N2CCSCC2)o1)C1CC1. The van der Waals surface area contributed by atoms with Gasteiger partial charge in [0.2, 0.25) is 11.8 Å². The molecule has 7 heteroatoms. The van der Waals surface area contributed by atoms with Gasteiger partial charge in [0.05, 0.1) is 0 Å². The number of nitrogens with one attached hydrogen (secondary N) is 1. The molecule has 132 valence electrons. The van der Waals surface area contributed by atoms with Crippen molar-refractivity contribution in [1.82, 2.24) is 15.5 Å². The first-order valence-corrected chi connectivity index (χ1v) is 9.95. The lowest BCUT2D eigenvalue weighted by Gasteiger charge is -2.24. The van der Waals surface area contributed by atoms with Gasteiger partial charge in [-0.15, -0.1) is 5.10 Å². The van der Waals surface area contributed by atoms with E-state index in [-0.39, 0.29) is 17.9 Å². The number of hydrogen-bond acceptors (Lipinski definition) is 6. The summed E-state index contributed by atoms with van der Waals surface area (Å²) in [5.41, 5.74) is 1.14. The first-order chi connectivity index (χ1) is 12.3. The van der Waals surface area contributed by atoms with Crippen molar-refractivity contribution < 1.29 is 9.21 Å². The van der Waals surface area contributed by atoms with E-state index in [2.05, 4.69) is 32.5 Å².